The SMILES string of the molecule is O=[P+](O)CCCC1=CCCCC1. The fourth-order valence-corrected chi connectivity index (χ4v) is 2.00. The smallest absolute Gasteiger partial charge is 0.161 e. The van der Waals surface area contributed by atoms with E-state index in [1.165, 1.54) is 31.3 Å². The van der Waals surface area contributed by atoms with Gasteiger partial charge in [0.25, 0.3) is 0 Å². The van der Waals surface area contributed by atoms with Crippen molar-refractivity contribution in [3.63, 3.8) is 0 Å². The Morgan fingerprint density at radius 1 is 1.50 bits per heavy atom. The van der Waals surface area contributed by atoms with Crippen LogP contribution >= 0.6 is 8.03 Å². The molecule has 0 aliphatic heterocycles. The van der Waals surface area contributed by atoms with Crippen molar-refractivity contribution in [1.29, 1.82) is 0 Å². The average Bonchev–Trinajstić information content (AvgIpc) is 2.05. The van der Waals surface area contributed by atoms with Gasteiger partial charge in [-0.05, 0) is 43.1 Å². The monoisotopic (exact) mass is 187 g/mol. The maximum Gasteiger partial charge on any atom is 0.505 e. The van der Waals surface area contributed by atoms with E-state index in [-0.39, 0.29) is 0 Å². The largest absolute Gasteiger partial charge is 0.505 e. The van der Waals surface area contributed by atoms with Gasteiger partial charge in [-0.1, -0.05) is 11.6 Å². The number of hydrogen-bond acceptors (Lipinski definition) is 1. The lowest BCUT2D eigenvalue weighted by molar-refractivity contribution is 0.500. The number of hydrogen-bond donors (Lipinski definition) is 1. The first-order valence-electron chi connectivity index (χ1n) is 4.60. The van der Waals surface area contributed by atoms with Gasteiger partial charge in [-0.15, -0.1) is 0 Å². The maximum atomic E-state index is 10.4. The molecule has 0 aromatic heterocycles. The van der Waals surface area contributed by atoms with E-state index in [2.05, 4.69) is 6.08 Å². The van der Waals surface area contributed by atoms with Gasteiger partial charge in [0.05, 0.1) is 0 Å². The van der Waals surface area contributed by atoms with Crippen LogP contribution in [0.4, 0.5) is 0 Å². The van der Waals surface area contributed by atoms with Crippen molar-refractivity contribution >= 4 is 8.03 Å². The van der Waals surface area contributed by atoms with Gasteiger partial charge >= 0.3 is 8.03 Å². The molecule has 0 aromatic rings. The molecule has 0 fully saturated rings. The van der Waals surface area contributed by atoms with Crippen LogP contribution < -0.4 is 0 Å². The van der Waals surface area contributed by atoms with Gasteiger partial charge in [0, 0.05) is 0 Å². The molecular weight excluding hydrogens is 171 g/mol. The Morgan fingerprint density at radius 2 is 2.33 bits per heavy atom. The third-order valence-corrected chi connectivity index (χ3v) is 2.93. The third-order valence-electron chi connectivity index (χ3n) is 2.23. The van der Waals surface area contributed by atoms with Crippen molar-refractivity contribution in [2.45, 2.75) is 38.5 Å². The zero-order chi connectivity index (χ0) is 8.81. The molecule has 1 atom stereocenters. The summed E-state index contributed by atoms with van der Waals surface area (Å²) in [5.74, 6) is 0. The van der Waals surface area contributed by atoms with Gasteiger partial charge in [0.2, 0.25) is 0 Å². The van der Waals surface area contributed by atoms with Gasteiger partial charge in [0.1, 0.15) is 0 Å². The van der Waals surface area contributed by atoms with Crippen molar-refractivity contribution in [2.75, 3.05) is 6.16 Å². The van der Waals surface area contributed by atoms with Crippen LogP contribution in [0.1, 0.15) is 38.5 Å². The zero-order valence-corrected chi connectivity index (χ0v) is 8.22. The lowest BCUT2D eigenvalue weighted by Crippen LogP contribution is -1.92. The Bertz CT molecular complexity index is 187. The van der Waals surface area contributed by atoms with E-state index >= 15 is 0 Å². The second-order valence-corrected chi connectivity index (χ2v) is 4.44. The fraction of sp³-hybridized carbons (Fsp3) is 0.778. The predicted molar refractivity (Wildman–Crippen MR) is 50.5 cm³/mol. The van der Waals surface area contributed by atoms with Gasteiger partial charge < -0.3 is 0 Å². The minimum atomic E-state index is -1.90. The zero-order valence-electron chi connectivity index (χ0n) is 7.33. The molecule has 1 rings (SSSR count). The molecule has 0 aromatic carbocycles. The summed E-state index contributed by atoms with van der Waals surface area (Å²) in [4.78, 5) is 8.57. The molecule has 0 radical (unpaired) electrons. The van der Waals surface area contributed by atoms with Crippen molar-refractivity contribution < 1.29 is 9.46 Å². The molecule has 0 amide bonds. The van der Waals surface area contributed by atoms with E-state index < -0.39 is 8.03 Å². The standard InChI is InChI=1S/C9H15O2P/c10-12(11)8-4-7-9-5-2-1-3-6-9/h5H,1-4,6-8H2/p+1. The minimum Gasteiger partial charge on any atom is -0.161 e. The van der Waals surface area contributed by atoms with Crippen LogP contribution in [0, 0.1) is 0 Å². The van der Waals surface area contributed by atoms with E-state index in [9.17, 15) is 4.57 Å². The van der Waals surface area contributed by atoms with Crippen LogP contribution in [0.15, 0.2) is 11.6 Å². The van der Waals surface area contributed by atoms with E-state index in [0.717, 1.165) is 12.8 Å². The molecule has 0 spiro atoms. The van der Waals surface area contributed by atoms with E-state index in [0.29, 0.717) is 6.16 Å². The molecule has 1 aliphatic rings. The maximum absolute atomic E-state index is 10.4. The molecular formula is C9H16O2P+. The van der Waals surface area contributed by atoms with Gasteiger partial charge in [-0.3, -0.25) is 0 Å². The summed E-state index contributed by atoms with van der Waals surface area (Å²) in [6.07, 6.45) is 9.71. The second-order valence-electron chi connectivity index (χ2n) is 3.29. The quantitative estimate of drug-likeness (QED) is 0.542. The Balaban J connectivity index is 2.13. The molecule has 3 heteroatoms. The second kappa shape index (κ2) is 5.45. The van der Waals surface area contributed by atoms with Gasteiger partial charge in [0.15, 0.2) is 6.16 Å². The highest BCUT2D eigenvalue weighted by atomic mass is 31.1. The summed E-state index contributed by atoms with van der Waals surface area (Å²) >= 11 is 0. The molecule has 1 unspecified atom stereocenters. The lowest BCUT2D eigenvalue weighted by Gasteiger charge is -2.10. The molecule has 1 aliphatic carbocycles. The first kappa shape index (κ1) is 9.88. The van der Waals surface area contributed by atoms with Gasteiger partial charge in [-0.25, -0.2) is 0 Å². The first-order valence-corrected chi connectivity index (χ1v) is 6.00. The van der Waals surface area contributed by atoms with Crippen LogP contribution in [0.3, 0.4) is 0 Å². The van der Waals surface area contributed by atoms with Crippen molar-refractivity contribution in [2.24, 2.45) is 0 Å². The van der Waals surface area contributed by atoms with Gasteiger partial charge in [-0.2, -0.15) is 4.89 Å². The Labute approximate surface area is 74.5 Å². The van der Waals surface area contributed by atoms with Crippen LogP contribution in [0.2, 0.25) is 0 Å². The summed E-state index contributed by atoms with van der Waals surface area (Å²) in [7, 11) is -1.90. The number of rotatable bonds is 4. The number of allylic oxidation sites excluding steroid dienone is 2. The van der Waals surface area contributed by atoms with Crippen LogP contribution in [0.5, 0.6) is 0 Å². The van der Waals surface area contributed by atoms with Crippen LogP contribution in [-0.2, 0) is 4.57 Å². The molecule has 2 nitrogen and oxygen atoms in total. The van der Waals surface area contributed by atoms with Crippen LogP contribution in [-0.4, -0.2) is 11.1 Å². The van der Waals surface area contributed by atoms with Crippen LogP contribution in [0.25, 0.3) is 0 Å². The fourth-order valence-electron chi connectivity index (χ4n) is 1.57. The minimum absolute atomic E-state index is 0.465. The third kappa shape index (κ3) is 3.99. The summed E-state index contributed by atoms with van der Waals surface area (Å²) in [5, 5.41) is 0. The summed E-state index contributed by atoms with van der Waals surface area (Å²) in [6, 6.07) is 0. The van der Waals surface area contributed by atoms with E-state index in [1.54, 1.807) is 0 Å². The lowest BCUT2D eigenvalue weighted by atomic mass is 9.96. The molecule has 12 heavy (non-hydrogen) atoms. The molecule has 0 saturated heterocycles. The van der Waals surface area contributed by atoms with E-state index in [1.807, 2.05) is 0 Å². The topological polar surface area (TPSA) is 37.3 Å². The summed E-state index contributed by atoms with van der Waals surface area (Å²) < 4.78 is 10.4. The molecule has 0 bridgehead atoms. The Morgan fingerprint density at radius 3 is 2.92 bits per heavy atom. The molecule has 0 saturated carbocycles. The molecule has 1 N–H and O–H groups in total. The highest BCUT2D eigenvalue weighted by Gasteiger charge is 2.10. The summed E-state index contributed by atoms with van der Waals surface area (Å²) in [6.45, 7) is 0. The Kier molecular flexibility index (Phi) is 4.49. The van der Waals surface area contributed by atoms with Crippen molar-refractivity contribution in [1.82, 2.24) is 0 Å². The molecule has 68 valence electrons. The first-order chi connectivity index (χ1) is 5.79. The average molecular weight is 187 g/mol. The summed E-state index contributed by atoms with van der Waals surface area (Å²) in [5.41, 5.74) is 1.50. The predicted octanol–water partition coefficient (Wildman–Crippen LogP) is 3.00. The highest BCUT2D eigenvalue weighted by Crippen LogP contribution is 2.23. The Hall–Kier alpha value is -0.200. The van der Waals surface area contributed by atoms with Crippen molar-refractivity contribution in [3.8, 4) is 0 Å². The van der Waals surface area contributed by atoms with E-state index in [4.69, 9.17) is 4.89 Å². The van der Waals surface area contributed by atoms with Crippen molar-refractivity contribution in [3.05, 3.63) is 11.6 Å². The molecule has 0 heterocycles. The normalized spacial score (nSPS) is 18.8. The highest BCUT2D eigenvalue weighted by molar-refractivity contribution is 7.37.